The molecule has 0 N–H and O–H groups in total. The molecule has 0 amide bonds. The van der Waals surface area contributed by atoms with Crippen LogP contribution in [0.1, 0.15) is 27.4 Å². The third-order valence-corrected chi connectivity index (χ3v) is 5.56. The van der Waals surface area contributed by atoms with Crippen molar-refractivity contribution in [2.45, 2.75) is 20.1 Å². The van der Waals surface area contributed by atoms with Crippen molar-refractivity contribution in [2.75, 3.05) is 0 Å². The summed E-state index contributed by atoms with van der Waals surface area (Å²) in [6.07, 6.45) is 6.39. The van der Waals surface area contributed by atoms with E-state index in [1.165, 1.54) is 0 Å². The van der Waals surface area contributed by atoms with Gasteiger partial charge in [0, 0.05) is 41.8 Å². The molecule has 3 heterocycles. The van der Waals surface area contributed by atoms with Gasteiger partial charge in [0.25, 0.3) is 0 Å². The van der Waals surface area contributed by atoms with Gasteiger partial charge in [-0.3, -0.25) is 9.78 Å². The number of hydrogen-bond donors (Lipinski definition) is 0. The van der Waals surface area contributed by atoms with E-state index in [-0.39, 0.29) is 0 Å². The topological polar surface area (TPSA) is 70.2 Å². The standard InChI is InChI=1S/C28H23N3O3/c1-20-27(30-28(34-20)22-7-3-2-4-8-22)19-33-24-12-10-21(11-13-24)15-31-16-23(18-32)25(17-31)26-9-5-6-14-29-26/h2-14,16-18H,15,19H2,1H3. The highest BCUT2D eigenvalue weighted by Gasteiger charge is 2.12. The Bertz CT molecular complexity index is 1390. The zero-order valence-electron chi connectivity index (χ0n) is 18.7. The van der Waals surface area contributed by atoms with Gasteiger partial charge in [-0.2, -0.15) is 0 Å². The number of ether oxygens (including phenoxy) is 1. The molecule has 0 atom stereocenters. The SMILES string of the molecule is Cc1oc(-c2ccccc2)nc1COc1ccc(Cn2cc(C=O)c(-c3ccccn3)c2)cc1. The minimum absolute atomic E-state index is 0.329. The number of nitrogens with zero attached hydrogens (tertiary/aromatic N) is 3. The first-order valence-corrected chi connectivity index (χ1v) is 11.0. The number of aldehydes is 1. The van der Waals surface area contributed by atoms with Crippen LogP contribution in [0.4, 0.5) is 0 Å². The van der Waals surface area contributed by atoms with Crippen LogP contribution in [-0.2, 0) is 13.2 Å². The molecule has 0 fully saturated rings. The maximum Gasteiger partial charge on any atom is 0.226 e. The second-order valence-corrected chi connectivity index (χ2v) is 7.95. The van der Waals surface area contributed by atoms with Gasteiger partial charge in [-0.05, 0) is 48.9 Å². The van der Waals surface area contributed by atoms with E-state index in [2.05, 4.69) is 9.97 Å². The summed E-state index contributed by atoms with van der Waals surface area (Å²) in [5.41, 5.74) is 5.04. The molecule has 0 radical (unpaired) electrons. The van der Waals surface area contributed by atoms with Crippen molar-refractivity contribution in [3.05, 3.63) is 114 Å². The number of pyridine rings is 1. The van der Waals surface area contributed by atoms with Crippen molar-refractivity contribution in [3.63, 3.8) is 0 Å². The Morgan fingerprint density at radius 1 is 0.971 bits per heavy atom. The number of oxazole rings is 1. The molecule has 0 aliphatic rings. The van der Waals surface area contributed by atoms with Gasteiger partial charge in [-0.25, -0.2) is 4.98 Å². The molecule has 3 aromatic heterocycles. The van der Waals surface area contributed by atoms with E-state index in [0.717, 1.165) is 45.9 Å². The van der Waals surface area contributed by atoms with Gasteiger partial charge in [0.1, 0.15) is 23.8 Å². The number of aryl methyl sites for hydroxylation is 1. The summed E-state index contributed by atoms with van der Waals surface area (Å²) in [6, 6.07) is 23.4. The van der Waals surface area contributed by atoms with Gasteiger partial charge in [0.15, 0.2) is 6.29 Å². The Kier molecular flexibility index (Phi) is 6.03. The van der Waals surface area contributed by atoms with Crippen molar-refractivity contribution in [3.8, 4) is 28.5 Å². The van der Waals surface area contributed by atoms with Crippen LogP contribution in [0.5, 0.6) is 5.75 Å². The van der Waals surface area contributed by atoms with Gasteiger partial charge in [0.05, 0.1) is 5.69 Å². The molecule has 0 saturated carbocycles. The zero-order valence-corrected chi connectivity index (χ0v) is 18.7. The molecule has 0 aliphatic carbocycles. The Morgan fingerprint density at radius 2 is 1.76 bits per heavy atom. The van der Waals surface area contributed by atoms with Crippen LogP contribution in [0.15, 0.2) is 95.8 Å². The van der Waals surface area contributed by atoms with E-state index in [0.29, 0.717) is 24.6 Å². The number of rotatable bonds is 8. The molecule has 0 spiro atoms. The number of hydrogen-bond acceptors (Lipinski definition) is 5. The molecule has 2 aromatic carbocycles. The van der Waals surface area contributed by atoms with Crippen LogP contribution >= 0.6 is 0 Å². The maximum absolute atomic E-state index is 11.5. The molecular formula is C28H23N3O3. The van der Waals surface area contributed by atoms with Crippen LogP contribution in [-0.4, -0.2) is 20.8 Å². The fraction of sp³-hybridized carbons (Fsp3) is 0.107. The minimum atomic E-state index is 0.329. The molecular weight excluding hydrogens is 426 g/mol. The van der Waals surface area contributed by atoms with Gasteiger partial charge in [-0.1, -0.05) is 36.4 Å². The monoisotopic (exact) mass is 449 g/mol. The molecule has 0 saturated heterocycles. The number of carbonyl (C=O) groups excluding carboxylic acids is 1. The second-order valence-electron chi connectivity index (χ2n) is 7.95. The first-order valence-electron chi connectivity index (χ1n) is 11.0. The second kappa shape index (κ2) is 9.58. The predicted molar refractivity (Wildman–Crippen MR) is 130 cm³/mol. The number of carbonyl (C=O) groups is 1. The summed E-state index contributed by atoms with van der Waals surface area (Å²) in [5, 5.41) is 0. The molecule has 5 aromatic rings. The predicted octanol–water partition coefficient (Wildman–Crippen LogP) is 5.95. The highest BCUT2D eigenvalue weighted by atomic mass is 16.5. The maximum atomic E-state index is 11.5. The summed E-state index contributed by atoms with van der Waals surface area (Å²) in [5.74, 6) is 2.10. The molecule has 34 heavy (non-hydrogen) atoms. The Hall–Kier alpha value is -4.45. The molecule has 6 heteroatoms. The van der Waals surface area contributed by atoms with E-state index < -0.39 is 0 Å². The van der Waals surface area contributed by atoms with Gasteiger partial charge < -0.3 is 13.7 Å². The average Bonchev–Trinajstić information content (AvgIpc) is 3.47. The first-order chi connectivity index (χ1) is 16.7. The molecule has 0 unspecified atom stereocenters. The van der Waals surface area contributed by atoms with Gasteiger partial charge in [0.2, 0.25) is 5.89 Å². The van der Waals surface area contributed by atoms with Crippen LogP contribution in [0, 0.1) is 6.92 Å². The molecule has 6 nitrogen and oxygen atoms in total. The first kappa shape index (κ1) is 21.4. The lowest BCUT2D eigenvalue weighted by atomic mass is 10.1. The number of aromatic nitrogens is 3. The van der Waals surface area contributed by atoms with Gasteiger partial charge >= 0.3 is 0 Å². The Balaban J connectivity index is 1.24. The summed E-state index contributed by atoms with van der Waals surface area (Å²) in [4.78, 5) is 20.5. The Morgan fingerprint density at radius 3 is 2.50 bits per heavy atom. The van der Waals surface area contributed by atoms with Crippen LogP contribution in [0.2, 0.25) is 0 Å². The van der Waals surface area contributed by atoms with Gasteiger partial charge in [-0.15, -0.1) is 0 Å². The van der Waals surface area contributed by atoms with E-state index in [4.69, 9.17) is 9.15 Å². The normalized spacial score (nSPS) is 10.9. The summed E-state index contributed by atoms with van der Waals surface area (Å²) in [7, 11) is 0. The van der Waals surface area contributed by atoms with E-state index >= 15 is 0 Å². The molecule has 168 valence electrons. The lowest BCUT2D eigenvalue weighted by Crippen LogP contribution is -1.99. The third kappa shape index (κ3) is 4.66. The summed E-state index contributed by atoms with van der Waals surface area (Å²) in [6.45, 7) is 2.86. The lowest BCUT2D eigenvalue weighted by molar-refractivity contribution is 0.112. The smallest absolute Gasteiger partial charge is 0.226 e. The van der Waals surface area contributed by atoms with Crippen molar-refractivity contribution in [1.82, 2.24) is 14.5 Å². The van der Waals surface area contributed by atoms with E-state index in [9.17, 15) is 4.79 Å². The lowest BCUT2D eigenvalue weighted by Gasteiger charge is -2.07. The minimum Gasteiger partial charge on any atom is -0.487 e. The van der Waals surface area contributed by atoms with Crippen molar-refractivity contribution >= 4 is 6.29 Å². The van der Waals surface area contributed by atoms with Crippen molar-refractivity contribution in [1.29, 1.82) is 0 Å². The third-order valence-electron chi connectivity index (χ3n) is 5.56. The highest BCUT2D eigenvalue weighted by molar-refractivity contribution is 5.86. The van der Waals surface area contributed by atoms with E-state index in [1.807, 2.05) is 96.7 Å². The van der Waals surface area contributed by atoms with Crippen molar-refractivity contribution < 1.29 is 13.9 Å². The molecule has 0 bridgehead atoms. The quantitative estimate of drug-likeness (QED) is 0.274. The zero-order chi connectivity index (χ0) is 23.3. The fourth-order valence-corrected chi connectivity index (χ4v) is 3.77. The molecule has 5 rings (SSSR count). The average molecular weight is 450 g/mol. The number of benzene rings is 2. The summed E-state index contributed by atoms with van der Waals surface area (Å²) >= 11 is 0. The molecule has 0 aliphatic heterocycles. The van der Waals surface area contributed by atoms with Crippen LogP contribution < -0.4 is 4.74 Å². The highest BCUT2D eigenvalue weighted by Crippen LogP contribution is 2.24. The van der Waals surface area contributed by atoms with E-state index in [1.54, 1.807) is 6.20 Å². The van der Waals surface area contributed by atoms with Crippen molar-refractivity contribution in [2.24, 2.45) is 0 Å². The summed E-state index contributed by atoms with van der Waals surface area (Å²) < 4.78 is 13.7. The van der Waals surface area contributed by atoms with Crippen LogP contribution in [0.3, 0.4) is 0 Å². The Labute approximate surface area is 197 Å². The fourth-order valence-electron chi connectivity index (χ4n) is 3.77. The van der Waals surface area contributed by atoms with Crippen LogP contribution in [0.25, 0.3) is 22.7 Å². The largest absolute Gasteiger partial charge is 0.487 e.